The molecule has 2 aromatic heterocycles. The fourth-order valence-electron chi connectivity index (χ4n) is 3.68. The topological polar surface area (TPSA) is 131 Å². The van der Waals surface area contributed by atoms with Gasteiger partial charge in [0.25, 0.3) is 11.8 Å². The number of rotatable bonds is 7. The molecular formula is C41H36Cl2N4O5. The summed E-state index contributed by atoms with van der Waals surface area (Å²) in [7, 11) is 0. The summed E-state index contributed by atoms with van der Waals surface area (Å²) in [5.74, 6) is 20.5. The highest BCUT2D eigenvalue weighted by atomic mass is 35.5. The van der Waals surface area contributed by atoms with Gasteiger partial charge in [-0.25, -0.2) is 20.2 Å². The van der Waals surface area contributed by atoms with Crippen molar-refractivity contribution in [2.45, 2.75) is 40.7 Å². The van der Waals surface area contributed by atoms with Crippen molar-refractivity contribution in [2.75, 3.05) is 6.61 Å². The third-order valence-corrected chi connectivity index (χ3v) is 6.69. The van der Waals surface area contributed by atoms with Crippen LogP contribution in [0.4, 0.5) is 0 Å². The third-order valence-electron chi connectivity index (χ3n) is 6.24. The van der Waals surface area contributed by atoms with Crippen molar-refractivity contribution in [3.05, 3.63) is 129 Å². The molecule has 2 heterocycles. The molecule has 11 heteroatoms. The Morgan fingerprint density at radius 2 is 1.10 bits per heavy atom. The summed E-state index contributed by atoms with van der Waals surface area (Å²) in [6, 6.07) is 19.1. The van der Waals surface area contributed by atoms with Gasteiger partial charge in [0.05, 0.1) is 12.2 Å². The molecule has 0 aliphatic heterocycles. The molecular weight excluding hydrogens is 699 g/mol. The number of halogens is 2. The van der Waals surface area contributed by atoms with E-state index in [-0.39, 0.29) is 17.4 Å². The number of hydrogen-bond acceptors (Lipinski definition) is 6. The molecule has 264 valence electrons. The number of aromatic carboxylic acids is 1. The molecule has 4 aromatic rings. The first-order valence-electron chi connectivity index (χ1n) is 16.0. The molecule has 0 bridgehead atoms. The zero-order valence-corrected chi connectivity index (χ0v) is 30.7. The van der Waals surface area contributed by atoms with Gasteiger partial charge in [0.2, 0.25) is 0 Å². The Bertz CT molecular complexity index is 2040. The lowest BCUT2D eigenvalue weighted by Crippen LogP contribution is -2.49. The van der Waals surface area contributed by atoms with Gasteiger partial charge in [-0.2, -0.15) is 0 Å². The lowest BCUT2D eigenvalue weighted by atomic mass is 10.0. The average molecular weight is 736 g/mol. The van der Waals surface area contributed by atoms with E-state index >= 15 is 0 Å². The summed E-state index contributed by atoms with van der Waals surface area (Å²) in [5.41, 5.74) is 5.85. The first kappa shape index (κ1) is 42.1. The number of carboxylic acids is 1. The molecule has 4 rings (SSSR count). The van der Waals surface area contributed by atoms with Crippen molar-refractivity contribution < 1.29 is 24.3 Å². The molecule has 2 aromatic carbocycles. The predicted octanol–water partition coefficient (Wildman–Crippen LogP) is 6.82. The number of benzene rings is 2. The Balaban J connectivity index is 0.000000368. The Morgan fingerprint density at radius 3 is 1.46 bits per heavy atom. The minimum Gasteiger partial charge on any atom is -0.478 e. The number of carboxylic acid groups (broad SMARTS) is 1. The zero-order valence-electron chi connectivity index (χ0n) is 29.2. The van der Waals surface area contributed by atoms with E-state index in [0.717, 1.165) is 5.56 Å². The second-order valence-corrected chi connectivity index (χ2v) is 11.1. The molecule has 0 unspecified atom stereocenters. The predicted molar refractivity (Wildman–Crippen MR) is 203 cm³/mol. The minimum absolute atomic E-state index is 0.103. The van der Waals surface area contributed by atoms with Crippen LogP contribution < -0.4 is 10.8 Å². The van der Waals surface area contributed by atoms with E-state index in [4.69, 9.17) is 33.1 Å². The van der Waals surface area contributed by atoms with Crippen LogP contribution in [0.15, 0.2) is 85.2 Å². The lowest BCUT2D eigenvalue weighted by Gasteiger charge is -2.21. The number of nitrogens with one attached hydrogen (secondary N) is 2. The number of amides is 2. The SMILES string of the molecule is CC.CCONC(=O)[C@@H](NC(=O)c1ccc(C#CC#Cc2ccc(Cl)nc2)cc1)C(C)C.O=C(O)c1ccc(C#CC#Cc2ccc(Cl)nc2)cc1. The fourth-order valence-corrected chi connectivity index (χ4v) is 3.90. The molecule has 0 fully saturated rings. The summed E-state index contributed by atoms with van der Waals surface area (Å²) in [6.07, 6.45) is 3.14. The monoisotopic (exact) mass is 734 g/mol. The molecule has 0 radical (unpaired) electrons. The van der Waals surface area contributed by atoms with Crippen LogP contribution in [0.2, 0.25) is 10.3 Å². The van der Waals surface area contributed by atoms with E-state index in [1.54, 1.807) is 80.0 Å². The highest BCUT2D eigenvalue weighted by molar-refractivity contribution is 6.29. The number of carbonyl (C=O) groups is 3. The van der Waals surface area contributed by atoms with Crippen LogP contribution in [0, 0.1) is 53.3 Å². The molecule has 0 saturated heterocycles. The van der Waals surface area contributed by atoms with Crippen molar-refractivity contribution in [1.29, 1.82) is 0 Å². The van der Waals surface area contributed by atoms with Gasteiger partial charge in [0.15, 0.2) is 0 Å². The highest BCUT2D eigenvalue weighted by Crippen LogP contribution is 2.08. The Hall–Kier alpha value is -6.07. The number of nitrogens with zero attached hydrogens (tertiary/aromatic N) is 2. The van der Waals surface area contributed by atoms with Gasteiger partial charge in [-0.15, -0.1) is 0 Å². The maximum absolute atomic E-state index is 12.5. The minimum atomic E-state index is -0.959. The third kappa shape index (κ3) is 15.6. The van der Waals surface area contributed by atoms with Gasteiger partial charge in [-0.1, -0.05) is 74.6 Å². The Morgan fingerprint density at radius 1 is 0.692 bits per heavy atom. The Labute approximate surface area is 314 Å². The van der Waals surface area contributed by atoms with Crippen LogP contribution in [0.1, 0.15) is 77.6 Å². The van der Waals surface area contributed by atoms with Crippen molar-refractivity contribution in [2.24, 2.45) is 5.92 Å². The van der Waals surface area contributed by atoms with Gasteiger partial charge in [0, 0.05) is 40.2 Å². The van der Waals surface area contributed by atoms with Crippen LogP contribution in [-0.2, 0) is 9.63 Å². The largest absolute Gasteiger partial charge is 0.478 e. The zero-order chi connectivity index (χ0) is 38.3. The summed E-state index contributed by atoms with van der Waals surface area (Å²) >= 11 is 11.4. The number of pyridine rings is 2. The summed E-state index contributed by atoms with van der Waals surface area (Å²) < 4.78 is 0. The smallest absolute Gasteiger partial charge is 0.335 e. The lowest BCUT2D eigenvalue weighted by molar-refractivity contribution is -0.136. The van der Waals surface area contributed by atoms with Crippen molar-refractivity contribution >= 4 is 41.0 Å². The first-order valence-corrected chi connectivity index (χ1v) is 16.7. The summed E-state index contributed by atoms with van der Waals surface area (Å²) in [6.45, 7) is 9.79. The second kappa shape index (κ2) is 23.4. The summed E-state index contributed by atoms with van der Waals surface area (Å²) in [4.78, 5) is 48.1. The molecule has 0 saturated carbocycles. The van der Waals surface area contributed by atoms with E-state index in [0.29, 0.717) is 39.2 Å². The molecule has 1 atom stereocenters. The van der Waals surface area contributed by atoms with E-state index in [1.165, 1.54) is 12.1 Å². The maximum atomic E-state index is 12.5. The number of aromatic nitrogens is 2. The van der Waals surface area contributed by atoms with E-state index in [2.05, 4.69) is 68.1 Å². The molecule has 2 amide bonds. The van der Waals surface area contributed by atoms with Crippen LogP contribution in [0.25, 0.3) is 0 Å². The normalized spacial score (nSPS) is 9.77. The molecule has 0 aliphatic rings. The first-order chi connectivity index (χ1) is 25.0. The Kier molecular flexibility index (Phi) is 18.9. The van der Waals surface area contributed by atoms with Gasteiger partial charge < -0.3 is 10.4 Å². The fraction of sp³-hybridized carbons (Fsp3) is 0.195. The molecule has 52 heavy (non-hydrogen) atoms. The molecule has 9 nitrogen and oxygen atoms in total. The van der Waals surface area contributed by atoms with Crippen LogP contribution in [-0.4, -0.2) is 45.5 Å². The van der Waals surface area contributed by atoms with Gasteiger partial charge in [-0.3, -0.25) is 14.4 Å². The van der Waals surface area contributed by atoms with Crippen molar-refractivity contribution in [1.82, 2.24) is 20.8 Å². The molecule has 0 aliphatic carbocycles. The molecule has 0 spiro atoms. The van der Waals surface area contributed by atoms with E-state index in [1.807, 2.05) is 27.7 Å². The van der Waals surface area contributed by atoms with Crippen molar-refractivity contribution in [3.63, 3.8) is 0 Å². The maximum Gasteiger partial charge on any atom is 0.335 e. The van der Waals surface area contributed by atoms with Crippen LogP contribution in [0.5, 0.6) is 0 Å². The van der Waals surface area contributed by atoms with Gasteiger partial charge in [-0.05, 0) is 109 Å². The standard InChI is InChI=1S/C23H22ClN3O3.C16H8ClNO2.C2H6/c1-4-30-27-23(29)21(16(2)3)26-22(28)19-12-9-17(10-13-19)7-5-6-8-18-11-14-20(24)25-15-18;17-15-10-7-13(11-18-15)4-2-1-3-12-5-8-14(9-6-12)16(19)20;1-2/h9-16,21H,4H2,1-3H3,(H,26,28)(H,27,29);5-11H,(H,19,20);1-2H3/t21-;;/m0../s1. The number of hydrogen-bond donors (Lipinski definition) is 3. The average Bonchev–Trinajstić information content (AvgIpc) is 3.16. The van der Waals surface area contributed by atoms with Crippen molar-refractivity contribution in [3.8, 4) is 47.4 Å². The quantitative estimate of drug-likeness (QED) is 0.108. The van der Waals surface area contributed by atoms with Gasteiger partial charge >= 0.3 is 5.97 Å². The van der Waals surface area contributed by atoms with Crippen LogP contribution in [0.3, 0.4) is 0 Å². The van der Waals surface area contributed by atoms with E-state index < -0.39 is 17.9 Å². The summed E-state index contributed by atoms with van der Waals surface area (Å²) in [5, 5.41) is 12.3. The molecule has 3 N–H and O–H groups in total. The number of carbonyl (C=O) groups excluding carboxylic acids is 2. The number of hydroxylamine groups is 1. The second-order valence-electron chi connectivity index (χ2n) is 10.3. The van der Waals surface area contributed by atoms with Gasteiger partial charge in [0.1, 0.15) is 16.3 Å². The highest BCUT2D eigenvalue weighted by Gasteiger charge is 2.24. The van der Waals surface area contributed by atoms with E-state index in [9.17, 15) is 14.4 Å². The van der Waals surface area contributed by atoms with Crippen LogP contribution >= 0.6 is 23.2 Å².